The van der Waals surface area contributed by atoms with E-state index in [2.05, 4.69) is 15.1 Å². The van der Waals surface area contributed by atoms with Crippen LogP contribution in [0.15, 0.2) is 48.7 Å². The Morgan fingerprint density at radius 1 is 1.35 bits per heavy atom. The van der Waals surface area contributed by atoms with Crippen molar-refractivity contribution in [1.29, 1.82) is 0 Å². The molecule has 1 atom stereocenters. The van der Waals surface area contributed by atoms with Crippen molar-refractivity contribution in [2.45, 2.75) is 13.0 Å². The summed E-state index contributed by atoms with van der Waals surface area (Å²) in [4.78, 5) is 19.2. The second kappa shape index (κ2) is 7.72. The minimum Gasteiger partial charge on any atom is -0.508 e. The maximum Gasteiger partial charge on any atom is 0.419 e. The van der Waals surface area contributed by atoms with Crippen molar-refractivity contribution >= 4 is 17.5 Å². The Bertz CT molecular complexity index is 710. The van der Waals surface area contributed by atoms with E-state index in [-0.39, 0.29) is 18.1 Å². The highest BCUT2D eigenvalue weighted by Gasteiger charge is 2.34. The van der Waals surface area contributed by atoms with E-state index >= 15 is 0 Å². The molecule has 0 amide bonds. The topological polar surface area (TPSA) is 108 Å². The first-order valence-electron chi connectivity index (χ1n) is 7.01. The van der Waals surface area contributed by atoms with Crippen LogP contribution >= 0.6 is 0 Å². The molecule has 7 heteroatoms. The van der Waals surface area contributed by atoms with E-state index < -0.39 is 12.0 Å². The maximum absolute atomic E-state index is 12.0. The molecule has 1 aromatic carbocycles. The van der Waals surface area contributed by atoms with Crippen LogP contribution in [0.3, 0.4) is 0 Å². The van der Waals surface area contributed by atoms with Gasteiger partial charge >= 0.3 is 11.7 Å². The highest BCUT2D eigenvalue weighted by atomic mass is 16.5. The molecule has 23 heavy (non-hydrogen) atoms. The monoisotopic (exact) mass is 312 g/mol. The Morgan fingerprint density at radius 2 is 2.09 bits per heavy atom. The molecule has 118 valence electrons. The van der Waals surface area contributed by atoms with Gasteiger partial charge in [0.05, 0.1) is 6.61 Å². The zero-order valence-electron chi connectivity index (χ0n) is 12.5. The number of pyridine rings is 1. The number of nitrogens with zero attached hydrogens (tertiary/aromatic N) is 3. The van der Waals surface area contributed by atoms with E-state index in [1.54, 1.807) is 43.5 Å². The molecular weight excluding hydrogens is 296 g/mol. The van der Waals surface area contributed by atoms with Crippen molar-refractivity contribution in [3.8, 4) is 5.75 Å². The predicted octanol–water partition coefficient (Wildman–Crippen LogP) is 2.17. The third kappa shape index (κ3) is 4.15. The molecule has 0 spiro atoms. The number of aromatic hydroxyl groups is 1. The minimum atomic E-state index is -0.783. The fourth-order valence-corrected chi connectivity index (χ4v) is 1.99. The smallest absolute Gasteiger partial charge is 0.419 e. The number of benzene rings is 1. The van der Waals surface area contributed by atoms with Crippen LogP contribution in [0.1, 0.15) is 18.5 Å². The van der Waals surface area contributed by atoms with Crippen molar-refractivity contribution in [2.75, 3.05) is 11.9 Å². The Labute approximate surface area is 133 Å². The van der Waals surface area contributed by atoms with Crippen molar-refractivity contribution in [3.05, 3.63) is 59.8 Å². The molecule has 0 fully saturated rings. The summed E-state index contributed by atoms with van der Waals surface area (Å²) in [7, 11) is 0. The van der Waals surface area contributed by atoms with Gasteiger partial charge in [0.2, 0.25) is 0 Å². The first-order valence-corrected chi connectivity index (χ1v) is 7.01. The Morgan fingerprint density at radius 3 is 2.65 bits per heavy atom. The number of nitrogens with one attached hydrogen (secondary N) is 1. The maximum atomic E-state index is 12.0. The summed E-state index contributed by atoms with van der Waals surface area (Å²) in [5, 5.41) is 12.4. The molecule has 0 aliphatic heterocycles. The van der Waals surface area contributed by atoms with Crippen molar-refractivity contribution in [1.82, 2.24) is 4.98 Å². The summed E-state index contributed by atoms with van der Waals surface area (Å²) in [5.41, 5.74) is 9.67. The molecular formula is C16H16N4O3. The minimum absolute atomic E-state index is 0.0870. The zero-order valence-corrected chi connectivity index (χ0v) is 12.5. The second-order valence-electron chi connectivity index (χ2n) is 4.59. The van der Waals surface area contributed by atoms with Crippen LogP contribution in [0.2, 0.25) is 0 Å². The highest BCUT2D eigenvalue weighted by molar-refractivity contribution is 6.36. The van der Waals surface area contributed by atoms with Gasteiger partial charge in [0, 0.05) is 6.20 Å². The number of carbonyl (C=O) groups excluding carboxylic acids is 1. The molecule has 2 aromatic rings. The summed E-state index contributed by atoms with van der Waals surface area (Å²) in [6, 6.07) is 10.6. The van der Waals surface area contributed by atoms with Crippen LogP contribution < -0.4 is 5.32 Å². The van der Waals surface area contributed by atoms with Gasteiger partial charge in [-0.3, -0.25) is 0 Å². The Hall–Kier alpha value is -3.18. The molecule has 0 aliphatic rings. The molecule has 0 bridgehead atoms. The van der Waals surface area contributed by atoms with Gasteiger partial charge in [0.25, 0.3) is 0 Å². The molecule has 2 rings (SSSR count). The standard InChI is InChI=1S/C16H16N4O3/c1-2-23-16(22)15(20-17)14(11-6-8-12(21)9-7-11)19-13-5-3-4-10-18-13/h3-10,14,21H,2H2,1H3,(H,18,19). The van der Waals surface area contributed by atoms with Crippen LogP contribution in [0, 0.1) is 0 Å². The highest BCUT2D eigenvalue weighted by Crippen LogP contribution is 2.22. The lowest BCUT2D eigenvalue weighted by Gasteiger charge is -2.15. The Balaban J connectivity index is 2.39. The SMILES string of the molecule is CCOC(=O)C(=[N+]=[N-])C(Nc1ccccn1)c1ccc(O)cc1. The van der Waals surface area contributed by atoms with Gasteiger partial charge in [-0.15, -0.1) is 0 Å². The van der Waals surface area contributed by atoms with Gasteiger partial charge in [-0.1, -0.05) is 18.2 Å². The fraction of sp³-hybridized carbons (Fsp3) is 0.188. The van der Waals surface area contributed by atoms with Crippen LogP contribution in [-0.2, 0) is 9.53 Å². The number of phenolic OH excluding ortho intramolecular Hbond substituents is 1. The predicted molar refractivity (Wildman–Crippen MR) is 84.0 cm³/mol. The van der Waals surface area contributed by atoms with Gasteiger partial charge in [-0.05, 0) is 36.8 Å². The lowest BCUT2D eigenvalue weighted by molar-refractivity contribution is -0.140. The van der Waals surface area contributed by atoms with Crippen molar-refractivity contribution < 1.29 is 19.4 Å². The lowest BCUT2D eigenvalue weighted by atomic mass is 10.0. The normalized spacial score (nSPS) is 11.2. The number of hydrogen-bond donors (Lipinski definition) is 2. The summed E-state index contributed by atoms with van der Waals surface area (Å²) >= 11 is 0. The van der Waals surface area contributed by atoms with Gasteiger partial charge in [0.15, 0.2) is 6.04 Å². The molecule has 0 saturated carbocycles. The van der Waals surface area contributed by atoms with Crippen LogP contribution in [0.25, 0.3) is 5.53 Å². The number of anilines is 1. The van der Waals surface area contributed by atoms with Gasteiger partial charge in [-0.2, -0.15) is 4.79 Å². The van der Waals surface area contributed by atoms with E-state index in [1.807, 2.05) is 0 Å². The molecule has 1 aromatic heterocycles. The van der Waals surface area contributed by atoms with Crippen molar-refractivity contribution in [3.63, 3.8) is 0 Å². The quantitative estimate of drug-likeness (QED) is 0.368. The largest absolute Gasteiger partial charge is 0.508 e. The third-order valence-electron chi connectivity index (χ3n) is 3.05. The number of rotatable bonds is 6. The summed E-state index contributed by atoms with van der Waals surface area (Å²) in [6.45, 7) is 1.82. The van der Waals surface area contributed by atoms with Crippen LogP contribution in [-0.4, -0.2) is 33.2 Å². The Kier molecular flexibility index (Phi) is 5.44. The molecule has 0 radical (unpaired) electrons. The molecule has 1 unspecified atom stereocenters. The number of carbonyl (C=O) groups is 1. The summed E-state index contributed by atoms with van der Waals surface area (Å²) in [6.07, 6.45) is 1.59. The molecule has 1 heterocycles. The average Bonchev–Trinajstić information content (AvgIpc) is 2.57. The first kappa shape index (κ1) is 16.2. The zero-order chi connectivity index (χ0) is 16.7. The lowest BCUT2D eigenvalue weighted by Crippen LogP contribution is -2.31. The van der Waals surface area contributed by atoms with Gasteiger partial charge in [-0.25, -0.2) is 9.78 Å². The molecule has 7 nitrogen and oxygen atoms in total. The van der Waals surface area contributed by atoms with E-state index in [4.69, 9.17) is 4.74 Å². The van der Waals surface area contributed by atoms with E-state index in [0.717, 1.165) is 0 Å². The van der Waals surface area contributed by atoms with E-state index in [9.17, 15) is 15.4 Å². The molecule has 0 saturated heterocycles. The van der Waals surface area contributed by atoms with Crippen LogP contribution in [0.4, 0.5) is 5.82 Å². The van der Waals surface area contributed by atoms with Gasteiger partial charge < -0.3 is 20.7 Å². The number of phenols is 1. The van der Waals surface area contributed by atoms with E-state index in [1.165, 1.54) is 12.1 Å². The fourth-order valence-electron chi connectivity index (χ4n) is 1.99. The first-order chi connectivity index (χ1) is 11.2. The summed E-state index contributed by atoms with van der Waals surface area (Å²) < 4.78 is 4.92. The van der Waals surface area contributed by atoms with E-state index in [0.29, 0.717) is 11.4 Å². The number of esters is 1. The number of hydrogen-bond acceptors (Lipinski definition) is 5. The van der Waals surface area contributed by atoms with Crippen molar-refractivity contribution in [2.24, 2.45) is 0 Å². The molecule has 0 aliphatic carbocycles. The van der Waals surface area contributed by atoms with Gasteiger partial charge in [0.1, 0.15) is 11.6 Å². The molecule has 2 N–H and O–H groups in total. The third-order valence-corrected chi connectivity index (χ3v) is 3.05. The number of ether oxygens (including phenoxy) is 1. The average molecular weight is 312 g/mol. The summed E-state index contributed by atoms with van der Waals surface area (Å²) in [5.74, 6) is -0.156. The van der Waals surface area contributed by atoms with Crippen LogP contribution in [0.5, 0.6) is 5.75 Å². The second-order valence-corrected chi connectivity index (χ2v) is 4.59. The number of aromatic nitrogens is 1.